The Hall–Kier alpha value is -4.25. The highest BCUT2D eigenvalue weighted by Crippen LogP contribution is 2.31. The number of carbonyl (C=O) groups excluding carboxylic acids is 2. The van der Waals surface area contributed by atoms with Gasteiger partial charge in [-0.15, -0.1) is 0 Å². The predicted octanol–water partition coefficient (Wildman–Crippen LogP) is 6.64. The second-order valence-corrected chi connectivity index (χ2v) is 10.9. The van der Waals surface area contributed by atoms with Crippen LogP contribution >= 0.6 is 35.6 Å². The number of aryl methyl sites for hydroxylation is 1. The van der Waals surface area contributed by atoms with E-state index in [1.54, 1.807) is 42.5 Å². The van der Waals surface area contributed by atoms with E-state index in [9.17, 15) is 19.7 Å². The van der Waals surface area contributed by atoms with Crippen molar-refractivity contribution in [2.75, 3.05) is 4.90 Å². The van der Waals surface area contributed by atoms with Crippen LogP contribution in [0.5, 0.6) is 0 Å². The van der Waals surface area contributed by atoms with E-state index in [-0.39, 0.29) is 16.4 Å². The molecule has 0 unspecified atom stereocenters. The summed E-state index contributed by atoms with van der Waals surface area (Å²) in [6.07, 6.45) is 1.58. The lowest BCUT2D eigenvalue weighted by Crippen LogP contribution is -2.54. The second kappa shape index (κ2) is 11.1. The third kappa shape index (κ3) is 5.42. The van der Waals surface area contributed by atoms with E-state index in [4.69, 9.17) is 23.8 Å². The van der Waals surface area contributed by atoms with E-state index in [1.807, 2.05) is 48.7 Å². The lowest BCUT2D eigenvalue weighted by Gasteiger charge is -2.28. The molecule has 0 radical (unpaired) electrons. The van der Waals surface area contributed by atoms with Gasteiger partial charge < -0.3 is 4.57 Å². The molecule has 1 aliphatic rings. The van der Waals surface area contributed by atoms with Gasteiger partial charge in [-0.25, -0.2) is 0 Å². The van der Waals surface area contributed by atoms with Crippen LogP contribution in [0.3, 0.4) is 0 Å². The van der Waals surface area contributed by atoms with Crippen LogP contribution in [0, 0.1) is 24.0 Å². The first-order chi connectivity index (χ1) is 19.1. The van der Waals surface area contributed by atoms with E-state index < -0.39 is 16.7 Å². The summed E-state index contributed by atoms with van der Waals surface area (Å²) in [6, 6.07) is 22.9. The molecule has 2 heterocycles. The van der Waals surface area contributed by atoms with Crippen LogP contribution in [0.4, 0.5) is 11.4 Å². The first-order valence-electron chi connectivity index (χ1n) is 12.0. The smallest absolute Gasteiger partial charge is 0.270 e. The maximum Gasteiger partial charge on any atom is 0.270 e. The van der Waals surface area contributed by atoms with Crippen molar-refractivity contribution in [3.8, 4) is 5.69 Å². The summed E-state index contributed by atoms with van der Waals surface area (Å²) in [6.45, 7) is 3.87. The molecule has 40 heavy (non-hydrogen) atoms. The SMILES string of the molecule is Cc1cc(/C=C2\C(=O)NC(=S)N(c3ccc(Cl)cc3)C2=O)c(C)n1-c1ccc(Sc2ccc([N+](=O)[O-])cc2)cc1. The number of anilines is 1. The molecule has 1 fully saturated rings. The lowest BCUT2D eigenvalue weighted by atomic mass is 10.1. The summed E-state index contributed by atoms with van der Waals surface area (Å²) < 4.78 is 2.04. The molecule has 4 aromatic rings. The van der Waals surface area contributed by atoms with Crippen molar-refractivity contribution >= 4 is 70.0 Å². The van der Waals surface area contributed by atoms with Crippen molar-refractivity contribution in [3.05, 3.63) is 117 Å². The van der Waals surface area contributed by atoms with Crippen LogP contribution in [-0.4, -0.2) is 26.4 Å². The number of hydrogen-bond acceptors (Lipinski definition) is 6. The van der Waals surface area contributed by atoms with Gasteiger partial charge in [-0.1, -0.05) is 23.4 Å². The number of amides is 2. The lowest BCUT2D eigenvalue weighted by molar-refractivity contribution is -0.384. The Morgan fingerprint density at radius 2 is 1.50 bits per heavy atom. The average molecular weight is 589 g/mol. The number of nitrogens with zero attached hydrogens (tertiary/aromatic N) is 3. The summed E-state index contributed by atoms with van der Waals surface area (Å²) in [5.74, 6) is -1.08. The van der Waals surface area contributed by atoms with E-state index in [2.05, 4.69) is 5.32 Å². The summed E-state index contributed by atoms with van der Waals surface area (Å²) in [4.78, 5) is 39.8. The Bertz CT molecular complexity index is 1700. The Labute approximate surface area is 244 Å². The van der Waals surface area contributed by atoms with Crippen molar-refractivity contribution < 1.29 is 14.5 Å². The average Bonchev–Trinajstić information content (AvgIpc) is 3.20. The topological polar surface area (TPSA) is 97.5 Å². The number of nitro benzene ring substituents is 1. The standard InChI is InChI=1S/C29H21ClN4O4S2/c1-17-15-19(16-26-27(35)31-29(39)33(28(26)36)22-5-3-20(30)4-6-22)18(2)32(17)21-7-11-24(12-8-21)40-25-13-9-23(10-14-25)34(37)38/h3-16H,1-2H3,(H,31,35,39)/b26-16+. The third-order valence-corrected chi connectivity index (χ3v) is 7.89. The number of nitrogens with one attached hydrogen (secondary N) is 1. The summed E-state index contributed by atoms with van der Waals surface area (Å²) >= 11 is 12.8. The van der Waals surface area contributed by atoms with Gasteiger partial charge in [0.05, 0.1) is 10.6 Å². The fourth-order valence-corrected chi connectivity index (χ4v) is 5.63. The Kier molecular flexibility index (Phi) is 7.57. The molecule has 1 N–H and O–H groups in total. The number of benzene rings is 3. The maximum atomic E-state index is 13.4. The molecule has 0 saturated carbocycles. The van der Waals surface area contributed by atoms with Gasteiger partial charge >= 0.3 is 0 Å². The first kappa shape index (κ1) is 27.3. The van der Waals surface area contributed by atoms with Gasteiger partial charge in [0.2, 0.25) is 0 Å². The van der Waals surface area contributed by atoms with Crippen LogP contribution in [0.25, 0.3) is 11.8 Å². The van der Waals surface area contributed by atoms with Gasteiger partial charge in [-0.05, 0) is 104 Å². The molecular formula is C29H21ClN4O4S2. The molecule has 0 aliphatic carbocycles. The Morgan fingerprint density at radius 1 is 0.925 bits per heavy atom. The van der Waals surface area contributed by atoms with E-state index in [0.29, 0.717) is 10.7 Å². The fraction of sp³-hybridized carbons (Fsp3) is 0.0690. The van der Waals surface area contributed by atoms with Gasteiger partial charge in [-0.3, -0.25) is 29.9 Å². The number of nitro groups is 1. The molecule has 1 aromatic heterocycles. The molecule has 3 aromatic carbocycles. The molecule has 2 amide bonds. The van der Waals surface area contributed by atoms with Crippen molar-refractivity contribution in [1.29, 1.82) is 0 Å². The van der Waals surface area contributed by atoms with Crippen LogP contribution < -0.4 is 10.2 Å². The zero-order valence-electron chi connectivity index (χ0n) is 21.3. The molecular weight excluding hydrogens is 568 g/mol. The molecule has 200 valence electrons. The van der Waals surface area contributed by atoms with Crippen LogP contribution in [0.15, 0.2) is 94.2 Å². The highest BCUT2D eigenvalue weighted by molar-refractivity contribution is 7.99. The third-order valence-electron chi connectivity index (χ3n) is 6.33. The van der Waals surface area contributed by atoms with Crippen LogP contribution in [0.2, 0.25) is 5.02 Å². The number of aromatic nitrogens is 1. The zero-order valence-corrected chi connectivity index (χ0v) is 23.6. The molecule has 5 rings (SSSR count). The largest absolute Gasteiger partial charge is 0.318 e. The highest BCUT2D eigenvalue weighted by Gasteiger charge is 2.34. The number of carbonyl (C=O) groups is 2. The molecule has 0 spiro atoms. The van der Waals surface area contributed by atoms with Crippen molar-refractivity contribution in [1.82, 2.24) is 9.88 Å². The second-order valence-electron chi connectivity index (χ2n) is 8.94. The number of thiocarbonyl (C=S) groups is 1. The van der Waals surface area contributed by atoms with Gasteiger partial charge in [0.1, 0.15) is 5.57 Å². The van der Waals surface area contributed by atoms with E-state index >= 15 is 0 Å². The molecule has 8 nitrogen and oxygen atoms in total. The summed E-state index contributed by atoms with van der Waals surface area (Å²) in [5, 5.41) is 14.0. The minimum absolute atomic E-state index is 0.00614. The van der Waals surface area contributed by atoms with E-state index in [1.165, 1.54) is 28.8 Å². The quantitative estimate of drug-likeness (QED) is 0.0891. The molecule has 0 bridgehead atoms. The van der Waals surface area contributed by atoms with Crippen molar-refractivity contribution in [2.45, 2.75) is 23.6 Å². The summed E-state index contributed by atoms with van der Waals surface area (Å²) in [7, 11) is 0. The van der Waals surface area contributed by atoms with Crippen LogP contribution in [-0.2, 0) is 9.59 Å². The van der Waals surface area contributed by atoms with Crippen LogP contribution in [0.1, 0.15) is 17.0 Å². The summed E-state index contributed by atoms with van der Waals surface area (Å²) in [5.41, 5.74) is 3.94. The van der Waals surface area contributed by atoms with Gasteiger partial charge in [0.15, 0.2) is 5.11 Å². The van der Waals surface area contributed by atoms with Crippen molar-refractivity contribution in [3.63, 3.8) is 0 Å². The van der Waals surface area contributed by atoms with Crippen molar-refractivity contribution in [2.24, 2.45) is 0 Å². The minimum Gasteiger partial charge on any atom is -0.318 e. The molecule has 1 saturated heterocycles. The number of halogens is 1. The van der Waals surface area contributed by atoms with Gasteiger partial charge in [0, 0.05) is 44.0 Å². The Balaban J connectivity index is 1.41. The predicted molar refractivity (Wildman–Crippen MR) is 160 cm³/mol. The van der Waals surface area contributed by atoms with Gasteiger partial charge in [-0.2, -0.15) is 0 Å². The first-order valence-corrected chi connectivity index (χ1v) is 13.6. The normalized spacial score (nSPS) is 14.5. The molecule has 1 aliphatic heterocycles. The zero-order chi connectivity index (χ0) is 28.6. The Morgan fingerprint density at radius 3 is 2.10 bits per heavy atom. The number of rotatable bonds is 6. The monoisotopic (exact) mass is 588 g/mol. The molecule has 11 heteroatoms. The molecule has 0 atom stereocenters. The van der Waals surface area contributed by atoms with Gasteiger partial charge in [0.25, 0.3) is 17.5 Å². The maximum absolute atomic E-state index is 13.4. The highest BCUT2D eigenvalue weighted by atomic mass is 35.5. The number of hydrogen-bond donors (Lipinski definition) is 1. The number of non-ortho nitro benzene ring substituents is 1. The van der Waals surface area contributed by atoms with E-state index in [0.717, 1.165) is 32.4 Å². The minimum atomic E-state index is -0.558. The fourth-order valence-electron chi connectivity index (χ4n) is 4.40.